The van der Waals surface area contributed by atoms with Gasteiger partial charge >= 0.3 is 0 Å². The minimum Gasteiger partial charge on any atom is -0.383 e. The van der Waals surface area contributed by atoms with E-state index in [1.54, 1.807) is 34.9 Å². The summed E-state index contributed by atoms with van der Waals surface area (Å²) in [4.78, 5) is 30.4. The van der Waals surface area contributed by atoms with Gasteiger partial charge in [0.05, 0.1) is 29.5 Å². The number of nitrogens with zero attached hydrogens (tertiary/aromatic N) is 6. The highest BCUT2D eigenvalue weighted by Gasteiger charge is 2.28. The van der Waals surface area contributed by atoms with E-state index in [1.165, 1.54) is 30.3 Å². The molecule has 37 heavy (non-hydrogen) atoms. The van der Waals surface area contributed by atoms with Crippen molar-refractivity contribution in [3.8, 4) is 5.69 Å². The van der Waals surface area contributed by atoms with Gasteiger partial charge in [0.1, 0.15) is 11.6 Å². The third-order valence-electron chi connectivity index (χ3n) is 6.52. The van der Waals surface area contributed by atoms with Crippen LogP contribution in [0.4, 0.5) is 15.9 Å². The van der Waals surface area contributed by atoms with Crippen LogP contribution in [0, 0.1) is 22.9 Å². The lowest BCUT2D eigenvalue weighted by atomic mass is 10.1. The van der Waals surface area contributed by atoms with Gasteiger partial charge in [-0.1, -0.05) is 12.1 Å². The van der Waals surface area contributed by atoms with Crippen LogP contribution in [0.25, 0.3) is 5.69 Å². The van der Waals surface area contributed by atoms with Gasteiger partial charge in [-0.15, -0.1) is 0 Å². The smallest absolute Gasteiger partial charge is 0.270 e. The number of hydrogen-bond acceptors (Lipinski definition) is 7. The van der Waals surface area contributed by atoms with E-state index in [4.69, 9.17) is 9.84 Å². The number of nitro benzene ring substituents is 1. The lowest BCUT2D eigenvalue weighted by Crippen LogP contribution is -2.45. The first-order chi connectivity index (χ1) is 17.8. The van der Waals surface area contributed by atoms with E-state index in [9.17, 15) is 19.3 Å². The molecule has 0 N–H and O–H groups in total. The lowest BCUT2D eigenvalue weighted by molar-refractivity contribution is -0.384. The van der Waals surface area contributed by atoms with E-state index in [-0.39, 0.29) is 36.1 Å². The molecule has 0 spiro atoms. The average molecular weight is 511 g/mol. The number of aryl methyl sites for hydroxylation is 1. The molecule has 0 bridgehead atoms. The van der Waals surface area contributed by atoms with Gasteiger partial charge in [-0.05, 0) is 38.2 Å². The predicted molar refractivity (Wildman–Crippen MR) is 138 cm³/mol. The van der Waals surface area contributed by atoms with Crippen molar-refractivity contribution in [2.45, 2.75) is 13.5 Å². The number of carbonyl (C=O) groups excluding carboxylic acids is 1. The van der Waals surface area contributed by atoms with Gasteiger partial charge in [0.15, 0.2) is 0 Å². The number of amides is 1. The van der Waals surface area contributed by atoms with Crippen molar-refractivity contribution in [1.82, 2.24) is 19.6 Å². The zero-order valence-corrected chi connectivity index (χ0v) is 21.3. The minimum absolute atomic E-state index is 0.147. The number of aromatic nitrogens is 2. The Labute approximate surface area is 215 Å². The second-order valence-corrected chi connectivity index (χ2v) is 9.10. The average Bonchev–Trinajstić information content (AvgIpc) is 3.22. The molecule has 4 rings (SSSR count). The third-order valence-corrected chi connectivity index (χ3v) is 6.52. The van der Waals surface area contributed by atoms with E-state index in [0.29, 0.717) is 18.0 Å². The fourth-order valence-electron chi connectivity index (χ4n) is 4.44. The van der Waals surface area contributed by atoms with Crippen molar-refractivity contribution >= 4 is 17.4 Å². The lowest BCUT2D eigenvalue weighted by Gasteiger charge is -2.35. The van der Waals surface area contributed by atoms with Gasteiger partial charge in [0.2, 0.25) is 0 Å². The van der Waals surface area contributed by atoms with Gasteiger partial charge in [0, 0.05) is 63.1 Å². The molecule has 1 aromatic heterocycles. The van der Waals surface area contributed by atoms with Crippen molar-refractivity contribution in [2.75, 3.05) is 58.4 Å². The van der Waals surface area contributed by atoms with Gasteiger partial charge in [-0.2, -0.15) is 5.10 Å². The molecular weight excluding hydrogens is 479 g/mol. The van der Waals surface area contributed by atoms with Crippen LogP contribution in [-0.4, -0.2) is 83.9 Å². The monoisotopic (exact) mass is 510 g/mol. The fraction of sp³-hybridized carbons (Fsp3) is 0.385. The molecule has 0 atom stereocenters. The Hall–Kier alpha value is -3.83. The molecule has 1 amide bonds. The number of rotatable bonds is 9. The van der Waals surface area contributed by atoms with Crippen molar-refractivity contribution in [3.63, 3.8) is 0 Å². The first kappa shape index (κ1) is 26.2. The molecule has 10 nitrogen and oxygen atoms in total. The number of piperazine rings is 1. The maximum Gasteiger partial charge on any atom is 0.270 e. The number of halogens is 1. The van der Waals surface area contributed by atoms with Crippen LogP contribution in [0.1, 0.15) is 21.6 Å². The minimum atomic E-state index is -0.519. The Kier molecular flexibility index (Phi) is 8.14. The van der Waals surface area contributed by atoms with Crippen LogP contribution >= 0.6 is 0 Å². The number of benzene rings is 2. The summed E-state index contributed by atoms with van der Waals surface area (Å²) in [5.74, 6) is 0.104. The highest BCUT2D eigenvalue weighted by atomic mass is 19.1. The first-order valence-electron chi connectivity index (χ1n) is 12.1. The van der Waals surface area contributed by atoms with Crippen LogP contribution in [0.5, 0.6) is 0 Å². The summed E-state index contributed by atoms with van der Waals surface area (Å²) >= 11 is 0. The van der Waals surface area contributed by atoms with Crippen molar-refractivity contribution < 1.29 is 18.8 Å². The van der Waals surface area contributed by atoms with Crippen molar-refractivity contribution in [3.05, 3.63) is 81.3 Å². The third kappa shape index (κ3) is 5.95. The number of anilines is 1. The number of methoxy groups -OCH3 is 1. The van der Waals surface area contributed by atoms with Crippen LogP contribution in [0.2, 0.25) is 0 Å². The van der Waals surface area contributed by atoms with Gasteiger partial charge in [-0.25, -0.2) is 9.07 Å². The number of non-ortho nitro benzene ring substituents is 1. The Morgan fingerprint density at radius 1 is 1.16 bits per heavy atom. The number of ether oxygens (including phenoxy) is 1. The van der Waals surface area contributed by atoms with Crippen LogP contribution < -0.4 is 4.90 Å². The largest absolute Gasteiger partial charge is 0.383 e. The number of nitro groups is 1. The molecule has 0 aliphatic carbocycles. The Morgan fingerprint density at radius 2 is 1.89 bits per heavy atom. The van der Waals surface area contributed by atoms with Crippen LogP contribution in [0.15, 0.2) is 48.5 Å². The number of carbonyl (C=O) groups is 1. The van der Waals surface area contributed by atoms with Crippen molar-refractivity contribution in [1.29, 1.82) is 0 Å². The summed E-state index contributed by atoms with van der Waals surface area (Å²) in [6, 6.07) is 12.0. The number of hydrogen-bond donors (Lipinski definition) is 0. The molecule has 1 fully saturated rings. The summed E-state index contributed by atoms with van der Waals surface area (Å²) in [5.41, 5.74) is 2.22. The highest BCUT2D eigenvalue weighted by molar-refractivity contribution is 5.95. The Balaban J connectivity index is 1.75. The molecule has 2 aromatic carbocycles. The topological polar surface area (TPSA) is 97.0 Å². The number of likely N-dealkylation sites (N-methyl/N-ethyl adjacent to an activating group) is 1. The van der Waals surface area contributed by atoms with E-state index in [0.717, 1.165) is 37.6 Å². The highest BCUT2D eigenvalue weighted by Crippen LogP contribution is 2.30. The molecule has 0 unspecified atom stereocenters. The molecule has 1 saturated heterocycles. The van der Waals surface area contributed by atoms with Gasteiger partial charge in [-0.3, -0.25) is 14.9 Å². The maximum absolute atomic E-state index is 14.1. The summed E-state index contributed by atoms with van der Waals surface area (Å²) in [6.07, 6.45) is 0. The first-order valence-corrected chi connectivity index (χ1v) is 12.1. The van der Waals surface area contributed by atoms with Crippen LogP contribution in [0.3, 0.4) is 0 Å². The quantitative estimate of drug-likeness (QED) is 0.322. The van der Waals surface area contributed by atoms with E-state index < -0.39 is 4.92 Å². The molecule has 3 aromatic rings. The zero-order chi connectivity index (χ0) is 26.5. The summed E-state index contributed by atoms with van der Waals surface area (Å²) < 4.78 is 21.1. The second kappa shape index (κ2) is 11.5. The molecule has 0 radical (unpaired) electrons. The van der Waals surface area contributed by atoms with E-state index in [2.05, 4.69) is 16.8 Å². The SMILES string of the molecule is COCCN(Cc1c(C)nn(-c2cccc(F)c2)c1N1CCN(C)CC1)C(=O)c1cccc([N+](=O)[O-])c1. The summed E-state index contributed by atoms with van der Waals surface area (Å²) in [5, 5.41) is 16.0. The van der Waals surface area contributed by atoms with Crippen molar-refractivity contribution in [2.24, 2.45) is 0 Å². The molecule has 196 valence electrons. The molecule has 1 aliphatic rings. The fourth-order valence-corrected chi connectivity index (χ4v) is 4.44. The normalized spacial score (nSPS) is 14.1. The molecule has 0 saturated carbocycles. The Morgan fingerprint density at radius 3 is 2.57 bits per heavy atom. The zero-order valence-electron chi connectivity index (χ0n) is 21.3. The predicted octanol–water partition coefficient (Wildman–Crippen LogP) is 3.27. The summed E-state index contributed by atoms with van der Waals surface area (Å²) in [6.45, 7) is 5.87. The van der Waals surface area contributed by atoms with E-state index >= 15 is 0 Å². The Bertz CT molecular complexity index is 1270. The van der Waals surface area contributed by atoms with E-state index in [1.807, 2.05) is 6.92 Å². The molecular formula is C26H31FN6O4. The summed E-state index contributed by atoms with van der Waals surface area (Å²) in [7, 11) is 3.62. The molecule has 2 heterocycles. The maximum atomic E-state index is 14.1. The van der Waals surface area contributed by atoms with Crippen LogP contribution in [-0.2, 0) is 11.3 Å². The molecule has 11 heteroatoms. The standard InChI is InChI=1S/C26H31FN6O4/c1-19-24(18-31(14-15-37-3)26(34)20-6-4-9-23(16-20)33(35)36)25(30-12-10-29(2)11-13-30)32(28-19)22-8-5-7-21(27)17-22/h4-9,16-17H,10-15,18H2,1-3H3. The van der Waals surface area contributed by atoms with Gasteiger partial charge in [0.25, 0.3) is 11.6 Å². The van der Waals surface area contributed by atoms with Gasteiger partial charge < -0.3 is 19.4 Å². The second-order valence-electron chi connectivity index (χ2n) is 9.10. The molecule has 1 aliphatic heterocycles.